The van der Waals surface area contributed by atoms with Crippen molar-refractivity contribution in [3.8, 4) is 11.4 Å². The van der Waals surface area contributed by atoms with E-state index in [1.165, 1.54) is 23.9 Å². The van der Waals surface area contributed by atoms with Crippen LogP contribution in [-0.4, -0.2) is 28.0 Å². The molecule has 2 aromatic carbocycles. The number of ether oxygens (including phenoxy) is 1. The minimum Gasteiger partial charge on any atom is -0.495 e. The van der Waals surface area contributed by atoms with Gasteiger partial charge in [0.2, 0.25) is 0 Å². The molecule has 0 unspecified atom stereocenters. The van der Waals surface area contributed by atoms with Gasteiger partial charge in [-0.2, -0.15) is 0 Å². The second-order valence-electron chi connectivity index (χ2n) is 5.19. The van der Waals surface area contributed by atoms with Crippen LogP contribution >= 0.6 is 11.6 Å². The Kier molecular flexibility index (Phi) is 4.67. The summed E-state index contributed by atoms with van der Waals surface area (Å²) in [6.45, 7) is 1.69. The quantitative estimate of drug-likeness (QED) is 0.771. The van der Waals surface area contributed by atoms with Crippen LogP contribution in [0.2, 0.25) is 5.02 Å². The number of carbonyl (C=O) groups is 1. The summed E-state index contributed by atoms with van der Waals surface area (Å²) in [4.78, 5) is 12.4. The van der Waals surface area contributed by atoms with Crippen molar-refractivity contribution >= 4 is 23.2 Å². The van der Waals surface area contributed by atoms with E-state index in [1.54, 1.807) is 37.3 Å². The number of hydrogen-bond acceptors (Lipinski definition) is 4. The van der Waals surface area contributed by atoms with Gasteiger partial charge in [0, 0.05) is 0 Å². The number of hydrogen-bond donors (Lipinski definition) is 1. The van der Waals surface area contributed by atoms with E-state index >= 15 is 0 Å². The van der Waals surface area contributed by atoms with Gasteiger partial charge in [-0.1, -0.05) is 28.9 Å². The van der Waals surface area contributed by atoms with Crippen LogP contribution in [0.25, 0.3) is 5.69 Å². The monoisotopic (exact) mass is 360 g/mol. The maximum Gasteiger partial charge on any atom is 0.278 e. The first kappa shape index (κ1) is 16.9. The third-order valence-corrected chi connectivity index (χ3v) is 3.91. The first-order valence-electron chi connectivity index (χ1n) is 7.33. The largest absolute Gasteiger partial charge is 0.495 e. The molecule has 0 aliphatic rings. The third-order valence-electron chi connectivity index (χ3n) is 3.61. The van der Waals surface area contributed by atoms with Gasteiger partial charge in [-0.25, -0.2) is 9.07 Å². The summed E-state index contributed by atoms with van der Waals surface area (Å²) in [6, 6.07) is 11.0. The molecular formula is C17H14ClFN4O2. The molecule has 0 spiro atoms. The lowest BCUT2D eigenvalue weighted by Crippen LogP contribution is -2.15. The van der Waals surface area contributed by atoms with Crippen molar-refractivity contribution in [3.05, 3.63) is 64.7 Å². The number of halogens is 2. The molecule has 0 aliphatic carbocycles. The zero-order valence-electron chi connectivity index (χ0n) is 13.5. The highest BCUT2D eigenvalue weighted by atomic mass is 35.5. The van der Waals surface area contributed by atoms with Crippen LogP contribution in [0.15, 0.2) is 42.5 Å². The number of nitrogens with one attached hydrogen (secondary N) is 1. The lowest BCUT2D eigenvalue weighted by atomic mass is 10.2. The van der Waals surface area contributed by atoms with E-state index in [1.807, 2.05) is 0 Å². The summed E-state index contributed by atoms with van der Waals surface area (Å²) in [6.07, 6.45) is 0. The number of rotatable bonds is 4. The van der Waals surface area contributed by atoms with Gasteiger partial charge >= 0.3 is 0 Å². The van der Waals surface area contributed by atoms with Crippen LogP contribution in [-0.2, 0) is 0 Å². The minimum absolute atomic E-state index is 0.0777. The van der Waals surface area contributed by atoms with Crippen molar-refractivity contribution in [2.24, 2.45) is 0 Å². The number of benzene rings is 2. The van der Waals surface area contributed by atoms with Crippen LogP contribution < -0.4 is 10.1 Å². The standard InChI is InChI=1S/C17H14ClFN4O2/c1-10-16(17(24)20-14-6-4-3-5-13(14)19)21-22-23(10)11-7-8-15(25-2)12(18)9-11/h3-9H,1-2H3,(H,20,24). The van der Waals surface area contributed by atoms with E-state index in [4.69, 9.17) is 16.3 Å². The lowest BCUT2D eigenvalue weighted by Gasteiger charge is -2.08. The summed E-state index contributed by atoms with van der Waals surface area (Å²) in [7, 11) is 1.52. The molecule has 0 fully saturated rings. The number of anilines is 1. The minimum atomic E-state index is -0.548. The topological polar surface area (TPSA) is 69.0 Å². The number of para-hydroxylation sites is 1. The zero-order valence-corrected chi connectivity index (χ0v) is 14.2. The van der Waals surface area contributed by atoms with Crippen LogP contribution in [0.3, 0.4) is 0 Å². The van der Waals surface area contributed by atoms with Gasteiger partial charge in [0.15, 0.2) is 5.69 Å². The number of aromatic nitrogens is 3. The Hall–Kier alpha value is -2.93. The van der Waals surface area contributed by atoms with E-state index in [2.05, 4.69) is 15.6 Å². The van der Waals surface area contributed by atoms with Gasteiger partial charge in [-0.15, -0.1) is 5.10 Å². The van der Waals surface area contributed by atoms with E-state index < -0.39 is 11.7 Å². The maximum absolute atomic E-state index is 13.7. The predicted molar refractivity (Wildman–Crippen MR) is 92.0 cm³/mol. The lowest BCUT2D eigenvalue weighted by molar-refractivity contribution is 0.102. The molecule has 0 saturated heterocycles. The first-order valence-corrected chi connectivity index (χ1v) is 7.71. The number of carbonyl (C=O) groups excluding carboxylic acids is 1. The van der Waals surface area contributed by atoms with E-state index in [0.717, 1.165) is 0 Å². The summed E-state index contributed by atoms with van der Waals surface area (Å²) >= 11 is 6.12. The fraction of sp³-hybridized carbons (Fsp3) is 0.118. The zero-order chi connectivity index (χ0) is 18.0. The second kappa shape index (κ2) is 6.90. The van der Waals surface area contributed by atoms with E-state index in [0.29, 0.717) is 22.2 Å². The molecule has 0 bridgehead atoms. The molecular weight excluding hydrogens is 347 g/mol. The molecule has 0 radical (unpaired) electrons. The highest BCUT2D eigenvalue weighted by molar-refractivity contribution is 6.32. The van der Waals surface area contributed by atoms with Crippen molar-refractivity contribution in [1.82, 2.24) is 15.0 Å². The fourth-order valence-electron chi connectivity index (χ4n) is 2.32. The SMILES string of the molecule is COc1ccc(-n2nnc(C(=O)Nc3ccccc3F)c2C)cc1Cl. The Morgan fingerprint density at radius 3 is 2.72 bits per heavy atom. The Morgan fingerprint density at radius 1 is 1.28 bits per heavy atom. The molecule has 1 heterocycles. The Labute approximate surface area is 148 Å². The van der Waals surface area contributed by atoms with Gasteiger partial charge in [-0.05, 0) is 37.3 Å². The third kappa shape index (κ3) is 3.32. The molecule has 1 N–H and O–H groups in total. The molecule has 1 aromatic heterocycles. The predicted octanol–water partition coefficient (Wildman–Crippen LogP) is 3.63. The van der Waals surface area contributed by atoms with Crippen molar-refractivity contribution in [3.63, 3.8) is 0 Å². The highest BCUT2D eigenvalue weighted by Gasteiger charge is 2.19. The molecule has 0 atom stereocenters. The number of nitrogens with zero attached hydrogens (tertiary/aromatic N) is 3. The molecule has 25 heavy (non-hydrogen) atoms. The van der Waals surface area contributed by atoms with Crippen molar-refractivity contribution < 1.29 is 13.9 Å². The van der Waals surface area contributed by atoms with Crippen molar-refractivity contribution in [2.45, 2.75) is 6.92 Å². The van der Waals surface area contributed by atoms with Crippen LogP contribution in [0.4, 0.5) is 10.1 Å². The van der Waals surface area contributed by atoms with Gasteiger partial charge in [0.1, 0.15) is 11.6 Å². The van der Waals surface area contributed by atoms with Gasteiger partial charge in [0.05, 0.1) is 29.2 Å². The molecule has 1 amide bonds. The summed E-state index contributed by atoms with van der Waals surface area (Å²) in [5, 5.41) is 10.8. The maximum atomic E-state index is 13.7. The van der Waals surface area contributed by atoms with Crippen LogP contribution in [0, 0.1) is 12.7 Å². The van der Waals surface area contributed by atoms with Crippen molar-refractivity contribution in [1.29, 1.82) is 0 Å². The number of methoxy groups -OCH3 is 1. The van der Waals surface area contributed by atoms with Crippen LogP contribution in [0.5, 0.6) is 5.75 Å². The Bertz CT molecular complexity index is 942. The van der Waals surface area contributed by atoms with Gasteiger partial charge < -0.3 is 10.1 Å². The van der Waals surface area contributed by atoms with Crippen LogP contribution in [0.1, 0.15) is 16.2 Å². The van der Waals surface area contributed by atoms with Gasteiger partial charge in [-0.3, -0.25) is 4.79 Å². The molecule has 0 saturated carbocycles. The van der Waals surface area contributed by atoms with Crippen molar-refractivity contribution in [2.75, 3.05) is 12.4 Å². The molecule has 0 aliphatic heterocycles. The average molecular weight is 361 g/mol. The first-order chi connectivity index (χ1) is 12.0. The number of amides is 1. The summed E-state index contributed by atoms with van der Waals surface area (Å²) < 4.78 is 20.3. The molecule has 3 aromatic rings. The Balaban J connectivity index is 1.89. The second-order valence-corrected chi connectivity index (χ2v) is 5.60. The normalized spacial score (nSPS) is 10.6. The average Bonchev–Trinajstić information content (AvgIpc) is 2.98. The van der Waals surface area contributed by atoms with E-state index in [9.17, 15) is 9.18 Å². The summed E-state index contributed by atoms with van der Waals surface area (Å²) in [5.41, 5.74) is 1.29. The molecule has 6 nitrogen and oxygen atoms in total. The smallest absolute Gasteiger partial charge is 0.278 e. The fourth-order valence-corrected chi connectivity index (χ4v) is 2.57. The molecule has 8 heteroatoms. The van der Waals surface area contributed by atoms with Gasteiger partial charge in [0.25, 0.3) is 5.91 Å². The van der Waals surface area contributed by atoms with E-state index in [-0.39, 0.29) is 11.4 Å². The summed E-state index contributed by atoms with van der Waals surface area (Å²) in [5.74, 6) is -0.544. The Morgan fingerprint density at radius 2 is 2.04 bits per heavy atom. The molecule has 3 rings (SSSR count). The molecule has 128 valence electrons. The highest BCUT2D eigenvalue weighted by Crippen LogP contribution is 2.27.